The number of aromatic nitrogens is 3. The Kier molecular flexibility index (Phi) is 4.27. The summed E-state index contributed by atoms with van der Waals surface area (Å²) in [7, 11) is 0. The molecule has 0 unspecified atom stereocenters. The quantitative estimate of drug-likeness (QED) is 0.500. The van der Waals surface area contributed by atoms with Gasteiger partial charge in [-0.15, -0.1) is 6.58 Å². The van der Waals surface area contributed by atoms with Crippen LogP contribution in [0, 0.1) is 0 Å². The van der Waals surface area contributed by atoms with Crippen molar-refractivity contribution in [2.45, 2.75) is 13.3 Å². The molecule has 0 spiro atoms. The molecular weight excluding hydrogens is 254 g/mol. The first-order valence-electron chi connectivity index (χ1n) is 6.34. The third-order valence-electron chi connectivity index (χ3n) is 2.91. The molecular formula is C14H17N5O. The number of hydrogen-bond acceptors (Lipinski definition) is 5. The number of nitrogens with two attached hydrogens (primary N) is 1. The van der Waals surface area contributed by atoms with Crippen molar-refractivity contribution in [1.29, 1.82) is 0 Å². The normalized spacial score (nSPS) is 10.3. The van der Waals surface area contributed by atoms with Gasteiger partial charge in [0.15, 0.2) is 0 Å². The van der Waals surface area contributed by atoms with Crippen LogP contribution in [0.25, 0.3) is 5.69 Å². The highest BCUT2D eigenvalue weighted by Gasteiger charge is 2.09. The molecule has 2 rings (SSSR count). The van der Waals surface area contributed by atoms with E-state index in [1.807, 2.05) is 31.2 Å². The molecule has 20 heavy (non-hydrogen) atoms. The molecule has 6 nitrogen and oxygen atoms in total. The van der Waals surface area contributed by atoms with E-state index in [1.165, 1.54) is 15.9 Å². The van der Waals surface area contributed by atoms with Crippen LogP contribution in [0.3, 0.4) is 0 Å². The predicted octanol–water partition coefficient (Wildman–Crippen LogP) is 1.06. The first-order valence-corrected chi connectivity index (χ1v) is 6.34. The molecule has 0 fully saturated rings. The molecule has 1 aromatic carbocycles. The van der Waals surface area contributed by atoms with Crippen molar-refractivity contribution in [3.8, 4) is 5.69 Å². The Labute approximate surface area is 117 Å². The highest BCUT2D eigenvalue weighted by atomic mass is 16.1. The Balaban J connectivity index is 2.44. The highest BCUT2D eigenvalue weighted by Crippen LogP contribution is 2.12. The summed E-state index contributed by atoms with van der Waals surface area (Å²) in [4.78, 5) is 20.1. The van der Waals surface area contributed by atoms with Gasteiger partial charge in [0.2, 0.25) is 5.95 Å². The second-order valence-electron chi connectivity index (χ2n) is 4.23. The van der Waals surface area contributed by atoms with Crippen LogP contribution in [0.4, 0.5) is 5.95 Å². The largest absolute Gasteiger partial charge is 0.356 e. The Morgan fingerprint density at radius 2 is 2.20 bits per heavy atom. The summed E-state index contributed by atoms with van der Waals surface area (Å²) >= 11 is 0. The molecule has 0 aliphatic heterocycles. The average molecular weight is 271 g/mol. The van der Waals surface area contributed by atoms with E-state index in [9.17, 15) is 4.79 Å². The Bertz CT molecular complexity index is 665. The molecule has 6 heteroatoms. The van der Waals surface area contributed by atoms with Gasteiger partial charge in [-0.3, -0.25) is 9.58 Å². The maximum atomic E-state index is 12.1. The molecule has 0 amide bonds. The Morgan fingerprint density at radius 1 is 1.45 bits per heavy atom. The fourth-order valence-electron chi connectivity index (χ4n) is 1.90. The van der Waals surface area contributed by atoms with Crippen LogP contribution in [0.2, 0.25) is 0 Å². The van der Waals surface area contributed by atoms with Gasteiger partial charge in [-0.25, -0.2) is 15.6 Å². The minimum Gasteiger partial charge on any atom is -0.275 e. The molecule has 104 valence electrons. The van der Waals surface area contributed by atoms with E-state index in [0.29, 0.717) is 6.54 Å². The molecule has 2 N–H and O–H groups in total. The van der Waals surface area contributed by atoms with Crippen LogP contribution in [-0.4, -0.2) is 21.1 Å². The maximum Gasteiger partial charge on any atom is 0.356 e. The molecule has 0 bridgehead atoms. The number of hydrogen-bond donors (Lipinski definition) is 1. The molecule has 2 aromatic rings. The van der Waals surface area contributed by atoms with Gasteiger partial charge in [0.1, 0.15) is 6.33 Å². The topological polar surface area (TPSA) is 77.0 Å². The van der Waals surface area contributed by atoms with Gasteiger partial charge < -0.3 is 0 Å². The van der Waals surface area contributed by atoms with Crippen LogP contribution in [0.15, 0.2) is 48.0 Å². The van der Waals surface area contributed by atoms with Crippen molar-refractivity contribution < 1.29 is 0 Å². The minimum absolute atomic E-state index is 0.181. The van der Waals surface area contributed by atoms with Crippen molar-refractivity contribution >= 4 is 5.95 Å². The summed E-state index contributed by atoms with van der Waals surface area (Å²) < 4.78 is 1.42. The van der Waals surface area contributed by atoms with Gasteiger partial charge in [-0.1, -0.05) is 31.2 Å². The number of anilines is 1. The number of aryl methyl sites for hydroxylation is 1. The summed E-state index contributed by atoms with van der Waals surface area (Å²) in [5, 5.41) is 1.27. The number of benzene rings is 1. The van der Waals surface area contributed by atoms with E-state index < -0.39 is 5.69 Å². The van der Waals surface area contributed by atoms with Crippen LogP contribution in [0.5, 0.6) is 0 Å². The van der Waals surface area contributed by atoms with E-state index in [0.717, 1.165) is 17.7 Å². The average Bonchev–Trinajstić information content (AvgIpc) is 2.47. The van der Waals surface area contributed by atoms with E-state index in [1.54, 1.807) is 6.08 Å². The molecule has 0 aliphatic carbocycles. The Morgan fingerprint density at radius 3 is 2.85 bits per heavy atom. The van der Waals surface area contributed by atoms with Crippen LogP contribution >= 0.6 is 0 Å². The van der Waals surface area contributed by atoms with E-state index in [4.69, 9.17) is 5.84 Å². The predicted molar refractivity (Wildman–Crippen MR) is 78.7 cm³/mol. The zero-order valence-electron chi connectivity index (χ0n) is 11.4. The van der Waals surface area contributed by atoms with E-state index in [-0.39, 0.29) is 5.95 Å². The number of hydrazine groups is 1. The van der Waals surface area contributed by atoms with Crippen LogP contribution in [-0.2, 0) is 6.42 Å². The third kappa shape index (κ3) is 2.75. The second-order valence-corrected chi connectivity index (χ2v) is 4.23. The molecule has 0 aliphatic rings. The molecule has 0 saturated heterocycles. The van der Waals surface area contributed by atoms with Crippen molar-refractivity contribution in [2.75, 3.05) is 11.6 Å². The number of nitrogens with zero attached hydrogens (tertiary/aromatic N) is 4. The van der Waals surface area contributed by atoms with Crippen LogP contribution < -0.4 is 16.5 Å². The SMILES string of the molecule is C=CCN(N)c1ncn(-c2ccccc2CC)c(=O)n1. The monoisotopic (exact) mass is 271 g/mol. The molecule has 1 heterocycles. The lowest BCUT2D eigenvalue weighted by atomic mass is 10.1. The zero-order valence-corrected chi connectivity index (χ0v) is 11.4. The fraction of sp³-hybridized carbons (Fsp3) is 0.214. The lowest BCUT2D eigenvalue weighted by molar-refractivity contribution is 0.795. The van der Waals surface area contributed by atoms with Crippen molar-refractivity contribution in [3.63, 3.8) is 0 Å². The first-order chi connectivity index (χ1) is 9.67. The lowest BCUT2D eigenvalue weighted by Gasteiger charge is -2.15. The minimum atomic E-state index is -0.407. The molecule has 0 radical (unpaired) electrons. The Hall–Kier alpha value is -2.47. The molecule has 0 atom stereocenters. The van der Waals surface area contributed by atoms with Crippen molar-refractivity contribution in [3.05, 3.63) is 59.3 Å². The van der Waals surface area contributed by atoms with Gasteiger partial charge in [0.25, 0.3) is 0 Å². The van der Waals surface area contributed by atoms with Gasteiger partial charge in [0, 0.05) is 0 Å². The van der Waals surface area contributed by atoms with E-state index in [2.05, 4.69) is 16.5 Å². The van der Waals surface area contributed by atoms with Crippen molar-refractivity contribution in [2.24, 2.45) is 5.84 Å². The zero-order chi connectivity index (χ0) is 14.5. The summed E-state index contributed by atoms with van der Waals surface area (Å²) in [6.45, 7) is 5.98. The highest BCUT2D eigenvalue weighted by molar-refractivity contribution is 5.41. The van der Waals surface area contributed by atoms with Crippen LogP contribution in [0.1, 0.15) is 12.5 Å². The van der Waals surface area contributed by atoms with Gasteiger partial charge in [-0.05, 0) is 18.1 Å². The second kappa shape index (κ2) is 6.12. The lowest BCUT2D eigenvalue weighted by Crippen LogP contribution is -2.35. The van der Waals surface area contributed by atoms with E-state index >= 15 is 0 Å². The standard InChI is InChI=1S/C14H17N5O/c1-3-9-19(15)13-16-10-18(14(20)17-13)12-8-6-5-7-11(12)4-2/h3,5-8,10H,1,4,9,15H2,2H3. The van der Waals surface area contributed by atoms with Gasteiger partial charge in [-0.2, -0.15) is 4.98 Å². The fourth-order valence-corrected chi connectivity index (χ4v) is 1.90. The first kappa shape index (κ1) is 14.0. The van der Waals surface area contributed by atoms with Crippen molar-refractivity contribution in [1.82, 2.24) is 14.5 Å². The number of rotatable bonds is 5. The smallest absolute Gasteiger partial charge is 0.275 e. The van der Waals surface area contributed by atoms with Gasteiger partial charge >= 0.3 is 5.69 Å². The summed E-state index contributed by atoms with van der Waals surface area (Å²) in [5.41, 5.74) is 1.44. The van der Waals surface area contributed by atoms with Gasteiger partial charge in [0.05, 0.1) is 12.2 Å². The molecule has 0 saturated carbocycles. The maximum absolute atomic E-state index is 12.1. The summed E-state index contributed by atoms with van der Waals surface area (Å²) in [6, 6.07) is 7.66. The number of para-hydroxylation sites is 1. The third-order valence-corrected chi connectivity index (χ3v) is 2.91. The summed E-state index contributed by atoms with van der Waals surface area (Å²) in [5.74, 6) is 5.89. The molecule has 1 aromatic heterocycles. The summed E-state index contributed by atoms with van der Waals surface area (Å²) in [6.07, 6.45) is 3.88.